The molecule has 5 heteroatoms. The Morgan fingerprint density at radius 2 is 2.20 bits per heavy atom. The molecule has 1 aliphatic rings. The average Bonchev–Trinajstić information content (AvgIpc) is 2.89. The number of nitrogens with zero attached hydrogens (tertiary/aromatic N) is 3. The predicted octanol–water partition coefficient (Wildman–Crippen LogP) is 2.07. The summed E-state index contributed by atoms with van der Waals surface area (Å²) in [6.07, 6.45) is 10.1. The number of hydrogen-bond donors (Lipinski definition) is 2. The van der Waals surface area contributed by atoms with E-state index in [9.17, 15) is 0 Å². The van der Waals surface area contributed by atoms with Crippen LogP contribution in [0.3, 0.4) is 0 Å². The summed E-state index contributed by atoms with van der Waals surface area (Å²) < 4.78 is 1.86. The zero-order valence-corrected chi connectivity index (χ0v) is 11.6. The van der Waals surface area contributed by atoms with Crippen LogP contribution in [0.15, 0.2) is 35.6 Å². The van der Waals surface area contributed by atoms with Crippen molar-refractivity contribution in [3.8, 4) is 0 Å². The third-order valence-electron chi connectivity index (χ3n) is 3.88. The van der Waals surface area contributed by atoms with Crippen molar-refractivity contribution >= 4 is 11.5 Å². The van der Waals surface area contributed by atoms with E-state index in [1.165, 1.54) is 32.1 Å². The first-order valence-electron chi connectivity index (χ1n) is 7.30. The Hall–Kier alpha value is -2.04. The van der Waals surface area contributed by atoms with Crippen LogP contribution in [0.4, 0.5) is 0 Å². The molecule has 0 bridgehead atoms. The van der Waals surface area contributed by atoms with Crippen LogP contribution < -0.4 is 11.1 Å². The van der Waals surface area contributed by atoms with Crippen molar-refractivity contribution in [2.45, 2.75) is 44.7 Å². The molecule has 2 heterocycles. The SMILES string of the molecule is NC(=NCc1cnn2ccccc12)NC1CCCCC1. The Balaban J connectivity index is 1.63. The summed E-state index contributed by atoms with van der Waals surface area (Å²) in [4.78, 5) is 4.44. The van der Waals surface area contributed by atoms with E-state index in [0.29, 0.717) is 18.5 Å². The van der Waals surface area contributed by atoms with E-state index in [1.807, 2.05) is 35.1 Å². The highest BCUT2D eigenvalue weighted by atomic mass is 15.2. The normalized spacial score (nSPS) is 17.5. The molecule has 3 N–H and O–H groups in total. The van der Waals surface area contributed by atoms with Gasteiger partial charge in [-0.3, -0.25) is 0 Å². The van der Waals surface area contributed by atoms with Crippen LogP contribution in [0.5, 0.6) is 0 Å². The van der Waals surface area contributed by atoms with Crippen LogP contribution >= 0.6 is 0 Å². The lowest BCUT2D eigenvalue weighted by Gasteiger charge is -2.23. The summed E-state index contributed by atoms with van der Waals surface area (Å²) in [5.41, 5.74) is 8.16. The van der Waals surface area contributed by atoms with Crippen molar-refractivity contribution in [1.82, 2.24) is 14.9 Å². The summed E-state index contributed by atoms with van der Waals surface area (Å²) >= 11 is 0. The second kappa shape index (κ2) is 5.94. The van der Waals surface area contributed by atoms with Crippen LogP contribution in [0.2, 0.25) is 0 Å². The lowest BCUT2D eigenvalue weighted by molar-refractivity contribution is 0.412. The summed E-state index contributed by atoms with van der Waals surface area (Å²) in [7, 11) is 0. The minimum atomic E-state index is 0.497. The summed E-state index contributed by atoms with van der Waals surface area (Å²) in [5, 5.41) is 7.63. The van der Waals surface area contributed by atoms with Gasteiger partial charge in [0, 0.05) is 17.8 Å². The van der Waals surface area contributed by atoms with Gasteiger partial charge in [-0.1, -0.05) is 25.3 Å². The van der Waals surface area contributed by atoms with E-state index in [0.717, 1.165) is 11.1 Å². The maximum absolute atomic E-state index is 5.98. The standard InChI is InChI=1S/C15H21N5/c16-15(19-13-6-2-1-3-7-13)17-10-12-11-18-20-9-5-4-8-14(12)20/h4-5,8-9,11,13H,1-3,6-7,10H2,(H3,16,17,19). The van der Waals surface area contributed by atoms with Crippen molar-refractivity contribution < 1.29 is 0 Å². The molecule has 0 unspecified atom stereocenters. The predicted molar refractivity (Wildman–Crippen MR) is 80.5 cm³/mol. The molecule has 106 valence electrons. The van der Waals surface area contributed by atoms with Crippen LogP contribution in [0, 0.1) is 0 Å². The van der Waals surface area contributed by atoms with Gasteiger partial charge in [0.05, 0.1) is 18.3 Å². The first-order chi connectivity index (χ1) is 9.83. The Labute approximate surface area is 118 Å². The van der Waals surface area contributed by atoms with Gasteiger partial charge in [0.1, 0.15) is 0 Å². The first-order valence-corrected chi connectivity index (χ1v) is 7.30. The molecule has 0 spiro atoms. The number of nitrogens with two attached hydrogens (primary N) is 1. The van der Waals surface area contributed by atoms with Gasteiger partial charge in [0.15, 0.2) is 5.96 Å². The lowest BCUT2D eigenvalue weighted by Crippen LogP contribution is -2.41. The Bertz CT molecular complexity index is 595. The minimum Gasteiger partial charge on any atom is -0.370 e. The van der Waals surface area contributed by atoms with Crippen LogP contribution in [0.25, 0.3) is 5.52 Å². The van der Waals surface area contributed by atoms with Crippen molar-refractivity contribution in [3.05, 3.63) is 36.2 Å². The van der Waals surface area contributed by atoms with Crippen LogP contribution in [0.1, 0.15) is 37.7 Å². The van der Waals surface area contributed by atoms with Gasteiger partial charge in [0.2, 0.25) is 0 Å². The highest BCUT2D eigenvalue weighted by Gasteiger charge is 2.13. The van der Waals surface area contributed by atoms with Crippen molar-refractivity contribution in [2.24, 2.45) is 10.7 Å². The summed E-state index contributed by atoms with van der Waals surface area (Å²) in [5.74, 6) is 0.548. The number of nitrogens with one attached hydrogen (secondary N) is 1. The molecule has 0 saturated heterocycles. The van der Waals surface area contributed by atoms with E-state index < -0.39 is 0 Å². The molecule has 0 aliphatic heterocycles. The molecule has 0 atom stereocenters. The third-order valence-corrected chi connectivity index (χ3v) is 3.88. The molecule has 2 aromatic heterocycles. The second-order valence-corrected chi connectivity index (χ2v) is 5.38. The molecule has 0 aromatic carbocycles. The number of fused-ring (bicyclic) bond motifs is 1. The highest BCUT2D eigenvalue weighted by Crippen LogP contribution is 2.17. The third kappa shape index (κ3) is 2.92. The van der Waals surface area contributed by atoms with Crippen molar-refractivity contribution in [1.29, 1.82) is 0 Å². The molecule has 0 radical (unpaired) electrons. The molecule has 3 rings (SSSR count). The minimum absolute atomic E-state index is 0.497. The highest BCUT2D eigenvalue weighted by molar-refractivity contribution is 5.78. The van der Waals surface area contributed by atoms with Gasteiger partial charge in [-0.25, -0.2) is 9.51 Å². The number of aliphatic imine (C=N–C) groups is 1. The van der Waals surface area contributed by atoms with Crippen molar-refractivity contribution in [2.75, 3.05) is 0 Å². The molecular weight excluding hydrogens is 250 g/mol. The van der Waals surface area contributed by atoms with E-state index in [4.69, 9.17) is 5.73 Å². The van der Waals surface area contributed by atoms with Gasteiger partial charge in [0.25, 0.3) is 0 Å². The van der Waals surface area contributed by atoms with Crippen LogP contribution in [-0.2, 0) is 6.54 Å². The molecule has 20 heavy (non-hydrogen) atoms. The van der Waals surface area contributed by atoms with Gasteiger partial charge in [-0.05, 0) is 25.0 Å². The van der Waals surface area contributed by atoms with Gasteiger partial charge >= 0.3 is 0 Å². The second-order valence-electron chi connectivity index (χ2n) is 5.38. The molecule has 1 aliphatic carbocycles. The van der Waals surface area contributed by atoms with Gasteiger partial charge in [-0.15, -0.1) is 0 Å². The molecular formula is C15H21N5. The number of rotatable bonds is 3. The Kier molecular flexibility index (Phi) is 3.85. The summed E-state index contributed by atoms with van der Waals surface area (Å²) in [6, 6.07) is 6.51. The van der Waals surface area contributed by atoms with E-state index in [2.05, 4.69) is 15.4 Å². The maximum atomic E-state index is 5.98. The molecule has 5 nitrogen and oxygen atoms in total. The Morgan fingerprint density at radius 3 is 3.05 bits per heavy atom. The van der Waals surface area contributed by atoms with E-state index >= 15 is 0 Å². The first kappa shape index (κ1) is 13.0. The number of hydrogen-bond acceptors (Lipinski definition) is 2. The fraction of sp³-hybridized carbons (Fsp3) is 0.467. The fourth-order valence-electron chi connectivity index (χ4n) is 2.78. The molecule has 1 saturated carbocycles. The Morgan fingerprint density at radius 1 is 1.35 bits per heavy atom. The monoisotopic (exact) mass is 271 g/mol. The maximum Gasteiger partial charge on any atom is 0.189 e. The van der Waals surface area contributed by atoms with E-state index in [1.54, 1.807) is 0 Å². The zero-order chi connectivity index (χ0) is 13.8. The number of guanidine groups is 1. The van der Waals surface area contributed by atoms with Gasteiger partial charge < -0.3 is 11.1 Å². The molecule has 2 aromatic rings. The van der Waals surface area contributed by atoms with E-state index in [-0.39, 0.29) is 0 Å². The topological polar surface area (TPSA) is 67.7 Å². The number of aromatic nitrogens is 2. The molecule has 1 fully saturated rings. The smallest absolute Gasteiger partial charge is 0.189 e. The van der Waals surface area contributed by atoms with Gasteiger partial charge in [-0.2, -0.15) is 5.10 Å². The van der Waals surface area contributed by atoms with Crippen molar-refractivity contribution in [3.63, 3.8) is 0 Å². The van der Waals surface area contributed by atoms with Crippen LogP contribution in [-0.4, -0.2) is 21.6 Å². The quantitative estimate of drug-likeness (QED) is 0.663. The number of pyridine rings is 1. The molecule has 0 amide bonds. The fourth-order valence-corrected chi connectivity index (χ4v) is 2.78. The average molecular weight is 271 g/mol. The summed E-state index contributed by atoms with van der Waals surface area (Å²) in [6.45, 7) is 0.569. The lowest BCUT2D eigenvalue weighted by atomic mass is 9.96. The zero-order valence-electron chi connectivity index (χ0n) is 11.6. The largest absolute Gasteiger partial charge is 0.370 e.